The fourth-order valence-corrected chi connectivity index (χ4v) is 2.88. The molecule has 0 aromatic rings. The van der Waals surface area contributed by atoms with Gasteiger partial charge >= 0.3 is 12.0 Å². The second-order valence-electron chi connectivity index (χ2n) is 5.57. The van der Waals surface area contributed by atoms with Crippen molar-refractivity contribution in [3.63, 3.8) is 0 Å². The number of aliphatic carboxylic acids is 1. The van der Waals surface area contributed by atoms with E-state index in [1.807, 2.05) is 6.92 Å². The number of hydrogen-bond acceptors (Lipinski definition) is 3. The van der Waals surface area contributed by atoms with Gasteiger partial charge in [-0.15, -0.1) is 0 Å². The van der Waals surface area contributed by atoms with Crippen molar-refractivity contribution in [1.82, 2.24) is 10.6 Å². The molecule has 0 radical (unpaired) electrons. The Labute approximate surface area is 112 Å². The average Bonchev–Trinajstić information content (AvgIpc) is 2.77. The van der Waals surface area contributed by atoms with Crippen molar-refractivity contribution < 1.29 is 19.4 Å². The summed E-state index contributed by atoms with van der Waals surface area (Å²) in [5.41, 5.74) is 0. The first-order valence-corrected chi connectivity index (χ1v) is 6.96. The molecule has 1 saturated carbocycles. The summed E-state index contributed by atoms with van der Waals surface area (Å²) in [5, 5.41) is 14.7. The number of nitrogens with one attached hydrogen (secondary N) is 2. The molecule has 6 heteroatoms. The first-order chi connectivity index (χ1) is 9.04. The highest BCUT2D eigenvalue weighted by atomic mass is 16.5. The van der Waals surface area contributed by atoms with Crippen LogP contribution in [0, 0.1) is 5.92 Å². The molecule has 1 aliphatic heterocycles. The summed E-state index contributed by atoms with van der Waals surface area (Å²) in [6, 6.07) is -0.0473. The Bertz CT molecular complexity index is 348. The van der Waals surface area contributed by atoms with E-state index in [-0.39, 0.29) is 30.1 Å². The summed E-state index contributed by atoms with van der Waals surface area (Å²) in [5.74, 6) is -1.07. The van der Waals surface area contributed by atoms with Gasteiger partial charge in [-0.3, -0.25) is 4.79 Å². The number of urea groups is 1. The molecule has 0 bridgehead atoms. The van der Waals surface area contributed by atoms with Crippen molar-refractivity contribution >= 4 is 12.0 Å². The molecule has 0 aromatic carbocycles. The summed E-state index contributed by atoms with van der Waals surface area (Å²) >= 11 is 0. The van der Waals surface area contributed by atoms with E-state index in [0.717, 1.165) is 19.3 Å². The molecule has 3 N–H and O–H groups in total. The highest BCUT2D eigenvalue weighted by Crippen LogP contribution is 2.25. The summed E-state index contributed by atoms with van der Waals surface area (Å²) < 4.78 is 5.43. The standard InChI is InChI=1S/C13H22N2O4/c1-8-6-11(4-5-19-8)15-13(18)14-10-3-2-9(7-10)12(16)17/h8-11H,2-7H2,1H3,(H,16,17)(H2,14,15,18)/t8?,9-,10+,11?/m1/s1. The topological polar surface area (TPSA) is 87.7 Å². The minimum atomic E-state index is -0.761. The molecule has 2 unspecified atom stereocenters. The van der Waals surface area contributed by atoms with Crippen LogP contribution in [-0.4, -0.2) is 41.9 Å². The number of hydrogen-bond donors (Lipinski definition) is 3. The number of carbonyl (C=O) groups is 2. The molecule has 2 aliphatic rings. The lowest BCUT2D eigenvalue weighted by Gasteiger charge is -2.28. The fraction of sp³-hybridized carbons (Fsp3) is 0.846. The summed E-state index contributed by atoms with van der Waals surface area (Å²) in [6.45, 7) is 2.68. The van der Waals surface area contributed by atoms with Crippen LogP contribution in [0.5, 0.6) is 0 Å². The van der Waals surface area contributed by atoms with Crippen LogP contribution in [0.1, 0.15) is 39.0 Å². The van der Waals surface area contributed by atoms with Gasteiger partial charge in [0.1, 0.15) is 0 Å². The fourth-order valence-electron chi connectivity index (χ4n) is 2.88. The van der Waals surface area contributed by atoms with E-state index in [2.05, 4.69) is 10.6 Å². The average molecular weight is 270 g/mol. The molecule has 1 aliphatic carbocycles. The van der Waals surface area contributed by atoms with E-state index in [1.54, 1.807) is 0 Å². The maximum absolute atomic E-state index is 11.8. The van der Waals surface area contributed by atoms with Gasteiger partial charge in [-0.2, -0.15) is 0 Å². The SMILES string of the molecule is CC1CC(NC(=O)N[C@H]2CC[C@@H](C(=O)O)C2)CCO1. The van der Waals surface area contributed by atoms with Crippen LogP contribution >= 0.6 is 0 Å². The van der Waals surface area contributed by atoms with Gasteiger partial charge in [0.2, 0.25) is 0 Å². The zero-order valence-electron chi connectivity index (χ0n) is 11.2. The maximum Gasteiger partial charge on any atom is 0.315 e. The summed E-state index contributed by atoms with van der Waals surface area (Å²) in [6.07, 6.45) is 3.77. The van der Waals surface area contributed by atoms with Crippen molar-refractivity contribution in [2.45, 2.75) is 57.2 Å². The molecule has 2 rings (SSSR count). The minimum Gasteiger partial charge on any atom is -0.481 e. The van der Waals surface area contributed by atoms with Crippen LogP contribution in [0.3, 0.4) is 0 Å². The minimum absolute atomic E-state index is 0.0154. The maximum atomic E-state index is 11.8. The van der Waals surface area contributed by atoms with Crippen molar-refractivity contribution in [2.24, 2.45) is 5.92 Å². The van der Waals surface area contributed by atoms with E-state index in [0.29, 0.717) is 19.4 Å². The predicted molar refractivity (Wildman–Crippen MR) is 68.9 cm³/mol. The third kappa shape index (κ3) is 4.09. The molecule has 0 aromatic heterocycles. The Balaban J connectivity index is 1.71. The van der Waals surface area contributed by atoms with Crippen molar-refractivity contribution in [3.05, 3.63) is 0 Å². The van der Waals surface area contributed by atoms with E-state index >= 15 is 0 Å². The zero-order chi connectivity index (χ0) is 13.8. The van der Waals surface area contributed by atoms with Crippen LogP contribution in [-0.2, 0) is 9.53 Å². The number of carbonyl (C=O) groups excluding carboxylic acids is 1. The van der Waals surface area contributed by atoms with Crippen LogP contribution in [0.25, 0.3) is 0 Å². The number of carboxylic acids is 1. The molecule has 19 heavy (non-hydrogen) atoms. The van der Waals surface area contributed by atoms with Crippen LogP contribution in [0.2, 0.25) is 0 Å². The van der Waals surface area contributed by atoms with Gasteiger partial charge in [-0.25, -0.2) is 4.79 Å². The molecule has 6 nitrogen and oxygen atoms in total. The molecule has 108 valence electrons. The molecule has 1 heterocycles. The normalized spacial score (nSPS) is 34.8. The predicted octanol–water partition coefficient (Wildman–Crippen LogP) is 1.11. The Morgan fingerprint density at radius 1 is 1.11 bits per heavy atom. The number of amides is 2. The quantitative estimate of drug-likeness (QED) is 0.716. The van der Waals surface area contributed by atoms with Gasteiger partial charge < -0.3 is 20.5 Å². The smallest absolute Gasteiger partial charge is 0.315 e. The van der Waals surface area contributed by atoms with Crippen LogP contribution < -0.4 is 10.6 Å². The first-order valence-electron chi connectivity index (χ1n) is 6.96. The molecule has 4 atom stereocenters. The molecular weight excluding hydrogens is 248 g/mol. The Hall–Kier alpha value is -1.30. The third-order valence-corrected chi connectivity index (χ3v) is 3.94. The molecule has 2 fully saturated rings. The van der Waals surface area contributed by atoms with Gasteiger partial charge in [0.05, 0.1) is 12.0 Å². The van der Waals surface area contributed by atoms with Crippen molar-refractivity contribution in [1.29, 1.82) is 0 Å². The zero-order valence-corrected chi connectivity index (χ0v) is 11.2. The molecule has 0 spiro atoms. The lowest BCUT2D eigenvalue weighted by Crippen LogP contribution is -2.48. The lowest BCUT2D eigenvalue weighted by atomic mass is 10.0. The largest absolute Gasteiger partial charge is 0.481 e. The van der Waals surface area contributed by atoms with E-state index in [1.165, 1.54) is 0 Å². The second kappa shape index (κ2) is 6.23. The Kier molecular flexibility index (Phi) is 4.63. The Morgan fingerprint density at radius 3 is 2.37 bits per heavy atom. The Morgan fingerprint density at radius 2 is 1.79 bits per heavy atom. The molecule has 2 amide bonds. The van der Waals surface area contributed by atoms with Crippen LogP contribution in [0.4, 0.5) is 4.79 Å². The van der Waals surface area contributed by atoms with Gasteiger partial charge in [0, 0.05) is 18.7 Å². The molecular formula is C13H22N2O4. The third-order valence-electron chi connectivity index (χ3n) is 3.94. The van der Waals surface area contributed by atoms with E-state index < -0.39 is 5.97 Å². The first kappa shape index (κ1) is 14.1. The number of carboxylic acid groups (broad SMARTS) is 1. The lowest BCUT2D eigenvalue weighted by molar-refractivity contribution is -0.141. The number of rotatable bonds is 3. The van der Waals surface area contributed by atoms with Gasteiger partial charge in [0.15, 0.2) is 0 Å². The second-order valence-corrected chi connectivity index (χ2v) is 5.57. The van der Waals surface area contributed by atoms with Gasteiger partial charge in [-0.05, 0) is 39.0 Å². The van der Waals surface area contributed by atoms with Gasteiger partial charge in [-0.1, -0.05) is 0 Å². The highest BCUT2D eigenvalue weighted by Gasteiger charge is 2.31. The van der Waals surface area contributed by atoms with Crippen molar-refractivity contribution in [2.75, 3.05) is 6.61 Å². The van der Waals surface area contributed by atoms with E-state index in [4.69, 9.17) is 9.84 Å². The monoisotopic (exact) mass is 270 g/mol. The van der Waals surface area contributed by atoms with Crippen LogP contribution in [0.15, 0.2) is 0 Å². The van der Waals surface area contributed by atoms with E-state index in [9.17, 15) is 9.59 Å². The summed E-state index contributed by atoms with van der Waals surface area (Å²) in [7, 11) is 0. The highest BCUT2D eigenvalue weighted by molar-refractivity contribution is 5.75. The number of ether oxygens (including phenoxy) is 1. The summed E-state index contributed by atoms with van der Waals surface area (Å²) in [4.78, 5) is 22.7. The van der Waals surface area contributed by atoms with Gasteiger partial charge in [0.25, 0.3) is 0 Å². The van der Waals surface area contributed by atoms with Crippen molar-refractivity contribution in [3.8, 4) is 0 Å². The molecule has 1 saturated heterocycles.